The quantitative estimate of drug-likeness (QED) is 0.231. The van der Waals surface area contributed by atoms with Gasteiger partial charge in [0.05, 0.1) is 6.54 Å². The smallest absolute Gasteiger partial charge is 0.250 e. The molecule has 0 fully saturated rings. The lowest BCUT2D eigenvalue weighted by Crippen LogP contribution is -2.28. The van der Waals surface area contributed by atoms with Crippen LogP contribution in [0.5, 0.6) is 0 Å². The van der Waals surface area contributed by atoms with Crippen molar-refractivity contribution in [3.63, 3.8) is 0 Å². The lowest BCUT2D eigenvalue weighted by atomic mass is 10.0. The van der Waals surface area contributed by atoms with Crippen molar-refractivity contribution in [3.05, 3.63) is 46.8 Å². The number of guanidine groups is 1. The molecule has 1 aromatic carbocycles. The molecule has 1 heterocycles. The van der Waals surface area contributed by atoms with E-state index in [1.165, 1.54) is 16.9 Å². The lowest BCUT2D eigenvalue weighted by molar-refractivity contribution is 0.584. The van der Waals surface area contributed by atoms with Crippen LogP contribution in [0.15, 0.2) is 45.6 Å². The molecule has 0 spiro atoms. The normalized spacial score (nSPS) is 12.1. The van der Waals surface area contributed by atoms with Crippen molar-refractivity contribution in [2.45, 2.75) is 30.9 Å². The molecular formula is C17H25IN4O2S2. The third-order valence-corrected chi connectivity index (χ3v) is 6.45. The van der Waals surface area contributed by atoms with E-state index in [9.17, 15) is 8.42 Å². The average Bonchev–Trinajstić information content (AvgIpc) is 2.99. The molecule has 0 aliphatic heterocycles. The van der Waals surface area contributed by atoms with E-state index < -0.39 is 10.0 Å². The third kappa shape index (κ3) is 6.86. The van der Waals surface area contributed by atoms with Crippen molar-refractivity contribution < 1.29 is 8.42 Å². The maximum atomic E-state index is 12.1. The minimum Gasteiger partial charge on any atom is -0.370 e. The van der Waals surface area contributed by atoms with Gasteiger partial charge in [-0.1, -0.05) is 26.0 Å². The van der Waals surface area contributed by atoms with Gasteiger partial charge in [0.1, 0.15) is 4.21 Å². The number of halogens is 1. The monoisotopic (exact) mass is 508 g/mol. The molecule has 26 heavy (non-hydrogen) atoms. The lowest BCUT2D eigenvalue weighted by Gasteiger charge is -2.10. The number of nitrogens with two attached hydrogens (primary N) is 1. The number of hydrogen-bond acceptors (Lipinski definition) is 4. The fourth-order valence-electron chi connectivity index (χ4n) is 2.15. The summed E-state index contributed by atoms with van der Waals surface area (Å²) in [7, 11) is -3.47. The van der Waals surface area contributed by atoms with Crippen molar-refractivity contribution in [3.8, 4) is 0 Å². The predicted molar refractivity (Wildman–Crippen MR) is 120 cm³/mol. The second-order valence-electron chi connectivity index (χ2n) is 5.93. The number of anilines is 1. The Bertz CT molecular complexity index is 848. The van der Waals surface area contributed by atoms with Crippen LogP contribution in [-0.4, -0.2) is 27.5 Å². The molecule has 0 bridgehead atoms. The number of aryl methyl sites for hydroxylation is 1. The minimum atomic E-state index is -3.47. The van der Waals surface area contributed by atoms with Crippen LogP contribution in [0.1, 0.15) is 30.2 Å². The summed E-state index contributed by atoms with van der Waals surface area (Å²) >= 11 is 1.24. The van der Waals surface area contributed by atoms with Gasteiger partial charge in [-0.15, -0.1) is 35.3 Å². The Hall–Kier alpha value is -1.17. The second kappa shape index (κ2) is 10.2. The van der Waals surface area contributed by atoms with E-state index in [0.717, 1.165) is 10.6 Å². The first-order chi connectivity index (χ1) is 11.8. The van der Waals surface area contributed by atoms with Gasteiger partial charge in [0.15, 0.2) is 5.96 Å². The first-order valence-corrected chi connectivity index (χ1v) is 10.3. The summed E-state index contributed by atoms with van der Waals surface area (Å²) in [5.74, 6) is 0.683. The highest BCUT2D eigenvalue weighted by atomic mass is 127. The predicted octanol–water partition coefficient (Wildman–Crippen LogP) is 3.50. The van der Waals surface area contributed by atoms with Crippen LogP contribution in [0.2, 0.25) is 0 Å². The molecule has 0 unspecified atom stereocenters. The Morgan fingerprint density at radius 2 is 2.00 bits per heavy atom. The zero-order valence-corrected chi connectivity index (χ0v) is 19.0. The molecule has 0 saturated carbocycles. The van der Waals surface area contributed by atoms with Gasteiger partial charge in [0.25, 0.3) is 0 Å². The molecule has 0 atom stereocenters. The molecule has 0 aliphatic rings. The molecule has 2 aromatic rings. The van der Waals surface area contributed by atoms with Gasteiger partial charge in [-0.3, -0.25) is 4.99 Å². The molecule has 6 nitrogen and oxygen atoms in total. The Morgan fingerprint density at radius 1 is 1.27 bits per heavy atom. The highest BCUT2D eigenvalue weighted by molar-refractivity contribution is 14.0. The van der Waals surface area contributed by atoms with Crippen LogP contribution >= 0.6 is 35.3 Å². The minimum absolute atomic E-state index is 0. The van der Waals surface area contributed by atoms with Crippen LogP contribution in [0.4, 0.5) is 5.69 Å². The molecular weight excluding hydrogens is 483 g/mol. The molecule has 0 saturated heterocycles. The summed E-state index contributed by atoms with van der Waals surface area (Å²) in [6.45, 7) is 6.56. The fraction of sp³-hybridized carbons (Fsp3) is 0.353. The highest BCUT2D eigenvalue weighted by Crippen LogP contribution is 2.20. The van der Waals surface area contributed by atoms with Gasteiger partial charge >= 0.3 is 0 Å². The van der Waals surface area contributed by atoms with Crippen LogP contribution in [-0.2, 0) is 10.0 Å². The SMILES string of the molecule is Cc1ccc(S(=O)(=O)NCCN=C(N)Nc2cccc(C(C)C)c2)s1.I. The Kier molecular flexibility index (Phi) is 9.01. The van der Waals surface area contributed by atoms with E-state index in [0.29, 0.717) is 10.1 Å². The van der Waals surface area contributed by atoms with Gasteiger partial charge in [0.2, 0.25) is 10.0 Å². The molecule has 0 amide bonds. The Labute approximate surface area is 176 Å². The molecule has 1 aromatic heterocycles. The summed E-state index contributed by atoms with van der Waals surface area (Å²) in [4.78, 5) is 5.11. The summed E-state index contributed by atoms with van der Waals surface area (Å²) in [5.41, 5.74) is 7.93. The van der Waals surface area contributed by atoms with Gasteiger partial charge in [-0.05, 0) is 42.7 Å². The number of benzene rings is 1. The third-order valence-electron chi connectivity index (χ3n) is 3.49. The van der Waals surface area contributed by atoms with Crippen LogP contribution in [0.25, 0.3) is 0 Å². The number of thiophene rings is 1. The topological polar surface area (TPSA) is 96.6 Å². The van der Waals surface area contributed by atoms with Crippen molar-refractivity contribution in [2.75, 3.05) is 18.4 Å². The summed E-state index contributed by atoms with van der Waals surface area (Å²) < 4.78 is 27.0. The van der Waals surface area contributed by atoms with Crippen LogP contribution in [0.3, 0.4) is 0 Å². The summed E-state index contributed by atoms with van der Waals surface area (Å²) in [6.07, 6.45) is 0. The summed E-state index contributed by atoms with van der Waals surface area (Å²) in [5, 5.41) is 3.02. The molecule has 0 aliphatic carbocycles. The maximum absolute atomic E-state index is 12.1. The van der Waals surface area contributed by atoms with E-state index in [1.807, 2.05) is 25.1 Å². The Balaban J connectivity index is 0.00000338. The van der Waals surface area contributed by atoms with Gasteiger partial charge in [0, 0.05) is 17.1 Å². The largest absolute Gasteiger partial charge is 0.370 e. The number of aliphatic imine (C=N–C) groups is 1. The van der Waals surface area contributed by atoms with Crippen molar-refractivity contribution in [1.29, 1.82) is 0 Å². The number of rotatable bonds is 7. The van der Waals surface area contributed by atoms with E-state index in [-0.39, 0.29) is 43.0 Å². The second-order valence-corrected chi connectivity index (χ2v) is 9.22. The van der Waals surface area contributed by atoms with Crippen molar-refractivity contribution in [2.24, 2.45) is 10.7 Å². The fourth-order valence-corrected chi connectivity index (χ4v) is 4.50. The molecule has 2 rings (SSSR count). The zero-order valence-electron chi connectivity index (χ0n) is 15.0. The molecule has 9 heteroatoms. The summed E-state index contributed by atoms with van der Waals surface area (Å²) in [6, 6.07) is 11.3. The van der Waals surface area contributed by atoms with Crippen molar-refractivity contribution >= 4 is 57.0 Å². The van der Waals surface area contributed by atoms with E-state index in [2.05, 4.69) is 34.9 Å². The number of sulfonamides is 1. The van der Waals surface area contributed by atoms with Gasteiger partial charge < -0.3 is 11.1 Å². The zero-order chi connectivity index (χ0) is 18.4. The van der Waals surface area contributed by atoms with E-state index >= 15 is 0 Å². The van der Waals surface area contributed by atoms with E-state index in [1.54, 1.807) is 12.1 Å². The number of hydrogen-bond donors (Lipinski definition) is 3. The Morgan fingerprint density at radius 3 is 2.62 bits per heavy atom. The van der Waals surface area contributed by atoms with E-state index in [4.69, 9.17) is 5.73 Å². The van der Waals surface area contributed by atoms with Crippen molar-refractivity contribution in [1.82, 2.24) is 4.72 Å². The number of nitrogens with one attached hydrogen (secondary N) is 2. The van der Waals surface area contributed by atoms with Gasteiger partial charge in [-0.2, -0.15) is 0 Å². The first-order valence-electron chi connectivity index (χ1n) is 8.01. The number of nitrogens with zero attached hydrogens (tertiary/aromatic N) is 1. The molecule has 0 radical (unpaired) electrons. The molecule has 144 valence electrons. The highest BCUT2D eigenvalue weighted by Gasteiger charge is 2.14. The van der Waals surface area contributed by atoms with Crippen LogP contribution < -0.4 is 15.8 Å². The first kappa shape index (κ1) is 22.9. The molecule has 4 N–H and O–H groups in total. The van der Waals surface area contributed by atoms with Crippen LogP contribution in [0, 0.1) is 6.92 Å². The average molecular weight is 508 g/mol. The van der Waals surface area contributed by atoms with Gasteiger partial charge in [-0.25, -0.2) is 13.1 Å². The maximum Gasteiger partial charge on any atom is 0.250 e. The standard InChI is InChI=1S/C17H24N4O2S2.HI/c1-12(2)14-5-4-6-15(11-14)21-17(18)19-9-10-20-25(22,23)16-8-7-13(3)24-16;/h4-8,11-12,20H,9-10H2,1-3H3,(H3,18,19,21);1H.